The molecule has 0 spiro atoms. The number of carbonyl (C=O) groups is 1. The standard InChI is InChI=1S/C12H14N2O/c15-12-13-8-4-7-11(13)9-14(12)10-5-2-1-3-6-10/h1-3,5-6,11H,4,7-9H2. The molecule has 2 saturated heterocycles. The van der Waals surface area contributed by atoms with Crippen molar-refractivity contribution in [2.45, 2.75) is 18.9 Å². The number of nitrogens with zero attached hydrogens (tertiary/aromatic N) is 2. The lowest BCUT2D eigenvalue weighted by atomic mass is 10.2. The van der Waals surface area contributed by atoms with E-state index in [0.29, 0.717) is 6.04 Å². The molecule has 1 aromatic rings. The fourth-order valence-corrected chi connectivity index (χ4v) is 2.55. The summed E-state index contributed by atoms with van der Waals surface area (Å²) in [5, 5.41) is 0. The Kier molecular flexibility index (Phi) is 1.91. The Hall–Kier alpha value is -1.51. The lowest BCUT2D eigenvalue weighted by Crippen LogP contribution is -2.31. The average Bonchev–Trinajstić information content (AvgIpc) is 2.83. The summed E-state index contributed by atoms with van der Waals surface area (Å²) >= 11 is 0. The molecule has 0 aliphatic carbocycles. The number of fused-ring (bicyclic) bond motifs is 1. The van der Waals surface area contributed by atoms with Gasteiger partial charge in [-0.05, 0) is 25.0 Å². The van der Waals surface area contributed by atoms with Crippen LogP contribution in [-0.4, -0.2) is 30.1 Å². The maximum absolute atomic E-state index is 12.0. The molecule has 2 fully saturated rings. The zero-order valence-corrected chi connectivity index (χ0v) is 8.60. The fourth-order valence-electron chi connectivity index (χ4n) is 2.55. The molecular formula is C12H14N2O. The normalized spacial score (nSPS) is 24.8. The van der Waals surface area contributed by atoms with Crippen LogP contribution in [0.2, 0.25) is 0 Å². The number of carbonyl (C=O) groups excluding carboxylic acids is 1. The van der Waals surface area contributed by atoms with Gasteiger partial charge in [-0.3, -0.25) is 4.90 Å². The quantitative estimate of drug-likeness (QED) is 0.684. The third-order valence-corrected chi connectivity index (χ3v) is 3.31. The first-order valence-corrected chi connectivity index (χ1v) is 5.49. The molecule has 0 saturated carbocycles. The third kappa shape index (κ3) is 1.30. The van der Waals surface area contributed by atoms with Gasteiger partial charge in [0.15, 0.2) is 0 Å². The fraction of sp³-hybridized carbons (Fsp3) is 0.417. The van der Waals surface area contributed by atoms with Crippen LogP contribution in [0.5, 0.6) is 0 Å². The lowest BCUT2D eigenvalue weighted by molar-refractivity contribution is 0.219. The van der Waals surface area contributed by atoms with Gasteiger partial charge in [0.2, 0.25) is 0 Å². The summed E-state index contributed by atoms with van der Waals surface area (Å²) in [4.78, 5) is 15.9. The molecule has 1 atom stereocenters. The van der Waals surface area contributed by atoms with Crippen molar-refractivity contribution in [3.8, 4) is 0 Å². The van der Waals surface area contributed by atoms with Gasteiger partial charge in [0, 0.05) is 18.8 Å². The average molecular weight is 202 g/mol. The Morgan fingerprint density at radius 2 is 2.00 bits per heavy atom. The number of rotatable bonds is 1. The number of amides is 2. The molecule has 2 heterocycles. The largest absolute Gasteiger partial charge is 0.324 e. The van der Waals surface area contributed by atoms with Gasteiger partial charge in [-0.1, -0.05) is 18.2 Å². The highest BCUT2D eigenvalue weighted by molar-refractivity contribution is 5.94. The number of benzene rings is 1. The number of hydrogen-bond acceptors (Lipinski definition) is 1. The Bertz CT molecular complexity index is 376. The van der Waals surface area contributed by atoms with Gasteiger partial charge in [0.1, 0.15) is 0 Å². The molecule has 2 amide bonds. The maximum atomic E-state index is 12.0. The van der Waals surface area contributed by atoms with E-state index in [1.54, 1.807) is 0 Å². The highest BCUT2D eigenvalue weighted by Gasteiger charge is 2.40. The molecule has 0 radical (unpaired) electrons. The van der Waals surface area contributed by atoms with Crippen molar-refractivity contribution >= 4 is 11.7 Å². The monoisotopic (exact) mass is 202 g/mol. The van der Waals surface area contributed by atoms with Crippen LogP contribution in [0.3, 0.4) is 0 Å². The summed E-state index contributed by atoms with van der Waals surface area (Å²) in [6, 6.07) is 10.6. The zero-order valence-electron chi connectivity index (χ0n) is 8.60. The molecule has 1 aromatic carbocycles. The molecular weight excluding hydrogens is 188 g/mol. The summed E-state index contributed by atoms with van der Waals surface area (Å²) in [7, 11) is 0. The summed E-state index contributed by atoms with van der Waals surface area (Å²) in [6.45, 7) is 1.80. The number of urea groups is 1. The summed E-state index contributed by atoms with van der Waals surface area (Å²) < 4.78 is 0. The van der Waals surface area contributed by atoms with Crippen LogP contribution in [0.15, 0.2) is 30.3 Å². The van der Waals surface area contributed by atoms with Crippen molar-refractivity contribution in [3.63, 3.8) is 0 Å². The minimum atomic E-state index is 0.184. The van der Waals surface area contributed by atoms with E-state index in [1.165, 1.54) is 6.42 Å². The first-order chi connectivity index (χ1) is 7.36. The van der Waals surface area contributed by atoms with E-state index in [4.69, 9.17) is 0 Å². The van der Waals surface area contributed by atoms with Gasteiger partial charge in [0.05, 0.1) is 6.04 Å². The van der Waals surface area contributed by atoms with Gasteiger partial charge in [-0.2, -0.15) is 0 Å². The van der Waals surface area contributed by atoms with Gasteiger partial charge in [-0.25, -0.2) is 4.79 Å². The van der Waals surface area contributed by atoms with Crippen LogP contribution in [-0.2, 0) is 0 Å². The Balaban J connectivity index is 1.88. The van der Waals surface area contributed by atoms with Gasteiger partial charge >= 0.3 is 6.03 Å². The zero-order chi connectivity index (χ0) is 10.3. The van der Waals surface area contributed by atoms with Crippen molar-refractivity contribution < 1.29 is 4.79 Å². The van der Waals surface area contributed by atoms with E-state index in [9.17, 15) is 4.79 Å². The number of anilines is 1. The van der Waals surface area contributed by atoms with Gasteiger partial charge < -0.3 is 4.90 Å². The van der Waals surface area contributed by atoms with Crippen LogP contribution < -0.4 is 4.90 Å². The van der Waals surface area contributed by atoms with Crippen LogP contribution >= 0.6 is 0 Å². The van der Waals surface area contributed by atoms with E-state index < -0.39 is 0 Å². The smallest absolute Gasteiger partial charge is 0.320 e. The second-order valence-corrected chi connectivity index (χ2v) is 4.22. The van der Waals surface area contributed by atoms with E-state index in [1.807, 2.05) is 40.1 Å². The molecule has 3 heteroatoms. The molecule has 3 rings (SSSR count). The van der Waals surface area contributed by atoms with Crippen molar-refractivity contribution in [1.29, 1.82) is 0 Å². The summed E-state index contributed by atoms with van der Waals surface area (Å²) in [6.07, 6.45) is 2.33. The molecule has 2 aliphatic rings. The molecule has 3 nitrogen and oxygen atoms in total. The van der Waals surface area contributed by atoms with Gasteiger partial charge in [0.25, 0.3) is 0 Å². The molecule has 2 aliphatic heterocycles. The Labute approximate surface area is 89.3 Å². The second-order valence-electron chi connectivity index (χ2n) is 4.22. The predicted molar refractivity (Wildman–Crippen MR) is 58.9 cm³/mol. The number of para-hydroxylation sites is 1. The Morgan fingerprint density at radius 3 is 2.73 bits per heavy atom. The molecule has 15 heavy (non-hydrogen) atoms. The summed E-state index contributed by atoms with van der Waals surface area (Å²) in [5.41, 5.74) is 1.02. The van der Waals surface area contributed by atoms with E-state index in [2.05, 4.69) is 0 Å². The molecule has 1 unspecified atom stereocenters. The van der Waals surface area contributed by atoms with Crippen molar-refractivity contribution in [2.24, 2.45) is 0 Å². The summed E-state index contributed by atoms with van der Waals surface area (Å²) in [5.74, 6) is 0. The molecule has 0 N–H and O–H groups in total. The minimum absolute atomic E-state index is 0.184. The maximum Gasteiger partial charge on any atom is 0.324 e. The van der Waals surface area contributed by atoms with Crippen molar-refractivity contribution in [3.05, 3.63) is 30.3 Å². The van der Waals surface area contributed by atoms with E-state index in [-0.39, 0.29) is 6.03 Å². The highest BCUT2D eigenvalue weighted by Crippen LogP contribution is 2.29. The van der Waals surface area contributed by atoms with Gasteiger partial charge in [-0.15, -0.1) is 0 Å². The topological polar surface area (TPSA) is 23.6 Å². The van der Waals surface area contributed by atoms with Crippen LogP contribution in [0.1, 0.15) is 12.8 Å². The Morgan fingerprint density at radius 1 is 1.20 bits per heavy atom. The second kappa shape index (κ2) is 3.26. The van der Waals surface area contributed by atoms with Crippen LogP contribution in [0.25, 0.3) is 0 Å². The number of hydrogen-bond donors (Lipinski definition) is 0. The molecule has 0 aromatic heterocycles. The first-order valence-electron chi connectivity index (χ1n) is 5.49. The molecule has 78 valence electrons. The predicted octanol–water partition coefficient (Wildman–Crippen LogP) is 2.09. The van der Waals surface area contributed by atoms with Crippen molar-refractivity contribution in [1.82, 2.24) is 4.90 Å². The highest BCUT2D eigenvalue weighted by atomic mass is 16.2. The van der Waals surface area contributed by atoms with Crippen LogP contribution in [0, 0.1) is 0 Å². The van der Waals surface area contributed by atoms with Crippen molar-refractivity contribution in [2.75, 3.05) is 18.0 Å². The lowest BCUT2D eigenvalue weighted by Gasteiger charge is -2.16. The SMILES string of the molecule is O=C1N(c2ccccc2)CC2CCCN12. The third-order valence-electron chi connectivity index (χ3n) is 3.31. The first kappa shape index (κ1) is 8.77. The minimum Gasteiger partial charge on any atom is -0.320 e. The van der Waals surface area contributed by atoms with Crippen LogP contribution in [0.4, 0.5) is 10.5 Å². The van der Waals surface area contributed by atoms with E-state index >= 15 is 0 Å². The molecule has 0 bridgehead atoms. The van der Waals surface area contributed by atoms with E-state index in [0.717, 1.165) is 25.2 Å².